The molecule has 18 unspecified atom stereocenters. The van der Waals surface area contributed by atoms with Crippen molar-refractivity contribution in [3.05, 3.63) is 0 Å². The molecule has 0 radical (unpaired) electrons. The maximum Gasteiger partial charge on any atom is 0.267 e. The second-order valence-corrected chi connectivity index (χ2v) is 20.3. The van der Waals surface area contributed by atoms with E-state index in [1.54, 1.807) is 0 Å². The molecule has 8 bridgehead atoms. The van der Waals surface area contributed by atoms with Crippen LogP contribution in [-0.2, 0) is 20.2 Å². The number of hydrogen-bond donors (Lipinski definition) is 10. The monoisotopic (exact) mass is 712 g/mol. The Labute approximate surface area is 285 Å². The molecule has 5 saturated heterocycles. The summed E-state index contributed by atoms with van der Waals surface area (Å²) in [6, 6.07) is 0. The molecule has 14 nitrogen and oxygen atoms in total. The second kappa shape index (κ2) is 12.6. The summed E-state index contributed by atoms with van der Waals surface area (Å²) in [5.41, 5.74) is 0. The van der Waals surface area contributed by atoms with Crippen molar-refractivity contribution in [2.24, 2.45) is 47.3 Å². The van der Waals surface area contributed by atoms with Crippen LogP contribution >= 0.6 is 0 Å². The average molecular weight is 713 g/mol. The molecule has 9 rings (SSSR count). The summed E-state index contributed by atoms with van der Waals surface area (Å²) < 4.78 is 69.7. The molecule has 4 aliphatic carbocycles. The molecule has 0 amide bonds. The van der Waals surface area contributed by atoms with Crippen molar-refractivity contribution in [3.63, 3.8) is 0 Å². The minimum atomic E-state index is -4.14. The van der Waals surface area contributed by atoms with E-state index < -0.39 is 30.7 Å². The van der Waals surface area contributed by atoms with Gasteiger partial charge in [-0.15, -0.1) is 0 Å². The van der Waals surface area contributed by atoms with Crippen LogP contribution < -0.4 is 42.5 Å². The van der Waals surface area contributed by atoms with Gasteiger partial charge in [-0.1, -0.05) is 25.7 Å². The highest BCUT2D eigenvalue weighted by Crippen LogP contribution is 2.46. The van der Waals surface area contributed by atoms with Crippen LogP contribution in [0.25, 0.3) is 0 Å². The SMILES string of the molecule is O=S(=O)(O)C1CCC2C3NC4NC(NC5NC(NC6NC(NC(N3)C2C1)C1CCCCC61)C1CCCCC51)C1CC(S(=O)(=O)O)CCC41. The third kappa shape index (κ3) is 5.91. The fourth-order valence-corrected chi connectivity index (χ4v) is 14.3. The third-order valence-corrected chi connectivity index (χ3v) is 17.2. The summed E-state index contributed by atoms with van der Waals surface area (Å²) >= 11 is 0. The normalized spacial score (nSPS) is 53.8. The van der Waals surface area contributed by atoms with E-state index in [-0.39, 0.29) is 73.0 Å². The molecule has 5 heterocycles. The van der Waals surface area contributed by atoms with E-state index in [4.69, 9.17) is 0 Å². The van der Waals surface area contributed by atoms with Gasteiger partial charge in [0, 0.05) is 0 Å². The van der Waals surface area contributed by atoms with Gasteiger partial charge in [0.25, 0.3) is 20.2 Å². The molecule has 5 aliphatic heterocycles. The first kappa shape index (κ1) is 33.3. The van der Waals surface area contributed by atoms with Gasteiger partial charge in [0.1, 0.15) is 0 Å². The van der Waals surface area contributed by atoms with Gasteiger partial charge in [-0.2, -0.15) is 16.8 Å². The van der Waals surface area contributed by atoms with Crippen LogP contribution in [-0.4, -0.2) is 85.8 Å². The Hall–Kier alpha value is -0.500. The molecule has 16 heteroatoms. The second-order valence-electron chi connectivity index (χ2n) is 16.9. The topological polar surface area (TPSA) is 205 Å². The Kier molecular flexibility index (Phi) is 8.73. The molecule has 18 atom stereocenters. The van der Waals surface area contributed by atoms with Crippen LogP contribution in [0.3, 0.4) is 0 Å². The Morgan fingerprint density at radius 2 is 0.562 bits per heavy atom. The number of rotatable bonds is 2. The van der Waals surface area contributed by atoms with Crippen molar-refractivity contribution >= 4 is 20.2 Å². The van der Waals surface area contributed by atoms with Gasteiger partial charge in [0.05, 0.1) is 59.8 Å². The van der Waals surface area contributed by atoms with Crippen LogP contribution in [0.15, 0.2) is 0 Å². The first-order valence-corrected chi connectivity index (χ1v) is 22.0. The van der Waals surface area contributed by atoms with Gasteiger partial charge in [-0.25, -0.2) is 0 Å². The molecule has 9 fully saturated rings. The molecule has 0 aromatic rings. The summed E-state index contributed by atoms with van der Waals surface area (Å²) in [4.78, 5) is 0. The standard InChI is InChI=1S/C32H56N8O6S2/c41-47(42,43)15-9-11-21-23(13-15)31-37-27-19-7-3-1-5-17(19)25(34-27)33-26-18-6-2-4-8-20(18)28(35-26)38-32-24-14-16(48(44,45)46)10-12-22(24)30(40-32)36-29(21)39-31/h15-40H,1-14H2,(H,41,42,43)(H,44,45,46). The summed E-state index contributed by atoms with van der Waals surface area (Å²) in [7, 11) is -8.28. The quantitative estimate of drug-likeness (QED) is 0.176. The van der Waals surface area contributed by atoms with Gasteiger partial charge < -0.3 is 0 Å². The van der Waals surface area contributed by atoms with Crippen LogP contribution in [0.5, 0.6) is 0 Å². The highest BCUT2D eigenvalue weighted by atomic mass is 32.2. The maximum atomic E-state index is 12.4. The maximum absolute atomic E-state index is 12.4. The Bertz CT molecular complexity index is 1340. The Morgan fingerprint density at radius 3 is 0.812 bits per heavy atom. The van der Waals surface area contributed by atoms with Crippen molar-refractivity contribution in [2.45, 2.75) is 150 Å². The van der Waals surface area contributed by atoms with Crippen LogP contribution in [0.2, 0.25) is 0 Å². The summed E-state index contributed by atoms with van der Waals surface area (Å²) in [5, 5.41) is 30.2. The lowest BCUT2D eigenvalue weighted by molar-refractivity contribution is 0.167. The Balaban J connectivity index is 1.06. The zero-order valence-electron chi connectivity index (χ0n) is 27.6. The van der Waals surface area contributed by atoms with Crippen LogP contribution in [0.4, 0.5) is 0 Å². The zero-order chi connectivity index (χ0) is 32.9. The fourth-order valence-electron chi connectivity index (χ4n) is 12.5. The number of nitrogens with one attached hydrogen (secondary N) is 8. The van der Waals surface area contributed by atoms with E-state index in [0.29, 0.717) is 62.2 Å². The van der Waals surface area contributed by atoms with Crippen molar-refractivity contribution in [2.75, 3.05) is 0 Å². The van der Waals surface area contributed by atoms with Crippen molar-refractivity contribution < 1.29 is 25.9 Å². The van der Waals surface area contributed by atoms with Crippen LogP contribution in [0, 0.1) is 47.3 Å². The minimum absolute atomic E-state index is 0.0248. The van der Waals surface area contributed by atoms with Gasteiger partial charge in [0.15, 0.2) is 0 Å². The molecular weight excluding hydrogens is 657 g/mol. The van der Waals surface area contributed by atoms with Gasteiger partial charge in [0.2, 0.25) is 0 Å². The van der Waals surface area contributed by atoms with E-state index in [0.717, 1.165) is 0 Å². The van der Waals surface area contributed by atoms with E-state index in [2.05, 4.69) is 42.5 Å². The van der Waals surface area contributed by atoms with E-state index in [1.807, 2.05) is 0 Å². The average Bonchev–Trinajstić information content (AvgIpc) is 3.79. The van der Waals surface area contributed by atoms with E-state index >= 15 is 0 Å². The molecule has 10 N–H and O–H groups in total. The molecular formula is C32H56N8O6S2. The smallest absolute Gasteiger partial charge is 0.267 e. The molecule has 48 heavy (non-hydrogen) atoms. The first-order valence-electron chi connectivity index (χ1n) is 19.0. The predicted molar refractivity (Wildman–Crippen MR) is 179 cm³/mol. The minimum Gasteiger partial charge on any atom is -0.286 e. The molecule has 4 saturated carbocycles. The van der Waals surface area contributed by atoms with Crippen molar-refractivity contribution in [3.8, 4) is 0 Å². The molecule has 9 aliphatic rings. The van der Waals surface area contributed by atoms with Crippen molar-refractivity contribution in [1.82, 2.24) is 42.5 Å². The lowest BCUT2D eigenvalue weighted by Crippen LogP contribution is -2.61. The molecule has 0 aromatic heterocycles. The highest BCUT2D eigenvalue weighted by molar-refractivity contribution is 7.86. The highest BCUT2D eigenvalue weighted by Gasteiger charge is 2.56. The van der Waals surface area contributed by atoms with Crippen molar-refractivity contribution in [1.29, 1.82) is 0 Å². The lowest BCUT2D eigenvalue weighted by Gasteiger charge is -2.37. The number of hydrogen-bond acceptors (Lipinski definition) is 12. The Morgan fingerprint density at radius 1 is 0.333 bits per heavy atom. The fraction of sp³-hybridized carbons (Fsp3) is 1.00. The van der Waals surface area contributed by atoms with E-state index in [1.165, 1.54) is 51.4 Å². The zero-order valence-corrected chi connectivity index (χ0v) is 29.3. The molecule has 0 spiro atoms. The largest absolute Gasteiger partial charge is 0.286 e. The molecule has 0 aromatic carbocycles. The van der Waals surface area contributed by atoms with Gasteiger partial charge in [-0.05, 0) is 112 Å². The summed E-state index contributed by atoms with van der Waals surface area (Å²) in [5.74, 6) is 2.37. The van der Waals surface area contributed by atoms with E-state index in [9.17, 15) is 25.9 Å². The molecule has 272 valence electrons. The van der Waals surface area contributed by atoms with Gasteiger partial charge in [-0.3, -0.25) is 51.6 Å². The summed E-state index contributed by atoms with van der Waals surface area (Å²) in [6.07, 6.45) is 12.8. The number of fused-ring (bicyclic) bond motifs is 20. The first-order chi connectivity index (χ1) is 23.0. The predicted octanol–water partition coefficient (Wildman–Crippen LogP) is 0.338. The summed E-state index contributed by atoms with van der Waals surface area (Å²) in [6.45, 7) is 0. The third-order valence-electron chi connectivity index (χ3n) is 14.7. The van der Waals surface area contributed by atoms with Crippen LogP contribution in [0.1, 0.15) is 89.9 Å². The lowest BCUT2D eigenvalue weighted by atomic mass is 9.76. The van der Waals surface area contributed by atoms with Gasteiger partial charge >= 0.3 is 0 Å².